The number of likely N-dealkylation sites (N-methyl/N-ethyl adjacent to an activating group) is 2. The van der Waals surface area contributed by atoms with E-state index in [1.165, 1.54) is 28.1 Å². The fourth-order valence-corrected chi connectivity index (χ4v) is 8.14. The van der Waals surface area contributed by atoms with Crippen molar-refractivity contribution in [2.75, 3.05) is 37.1 Å². The first kappa shape index (κ1) is 39.1. The Morgan fingerprint density at radius 2 is 1.46 bits per heavy atom. The van der Waals surface area contributed by atoms with E-state index in [-0.39, 0.29) is 5.41 Å². The first-order valence-electron chi connectivity index (χ1n) is 18.2. The summed E-state index contributed by atoms with van der Waals surface area (Å²) in [7, 11) is 4.20. The van der Waals surface area contributed by atoms with E-state index < -0.39 is 11.1 Å². The second kappa shape index (κ2) is 16.7. The van der Waals surface area contributed by atoms with Crippen LogP contribution in [0, 0.1) is 35.2 Å². The van der Waals surface area contributed by atoms with Gasteiger partial charge in [0.15, 0.2) is 0 Å². The van der Waals surface area contributed by atoms with Gasteiger partial charge in [0, 0.05) is 70.1 Å². The molecule has 1 atom stereocenters. The summed E-state index contributed by atoms with van der Waals surface area (Å²) in [6, 6.07) is 12.8. The number of nitrogens with zero attached hydrogens (tertiary/aromatic N) is 2. The van der Waals surface area contributed by atoms with Crippen LogP contribution >= 0.6 is 27.5 Å². The van der Waals surface area contributed by atoms with Crippen molar-refractivity contribution in [1.29, 1.82) is 0 Å². The van der Waals surface area contributed by atoms with Crippen molar-refractivity contribution < 1.29 is 14.2 Å². The van der Waals surface area contributed by atoms with Crippen LogP contribution in [0.4, 0.5) is 11.4 Å². The third-order valence-corrected chi connectivity index (χ3v) is 11.7. The van der Waals surface area contributed by atoms with E-state index in [2.05, 4.69) is 171 Å². The van der Waals surface area contributed by atoms with Gasteiger partial charge in [-0.05, 0) is 122 Å². The summed E-state index contributed by atoms with van der Waals surface area (Å²) in [4.78, 5) is 4.47. The third-order valence-electron chi connectivity index (χ3n) is 10.6. The summed E-state index contributed by atoms with van der Waals surface area (Å²) in [6.07, 6.45) is 17.8. The highest BCUT2D eigenvalue weighted by molar-refractivity contribution is 9.12. The number of unbranched alkanes of at least 4 members (excludes halogenated alkanes) is 2. The lowest BCUT2D eigenvalue weighted by Gasteiger charge is -2.41. The molecule has 5 nitrogen and oxygen atoms in total. The molecule has 1 aliphatic carbocycles. The molecule has 52 heavy (non-hydrogen) atoms. The number of allylic oxidation sites excluding steroid dienone is 7. The lowest BCUT2D eigenvalue weighted by Crippen LogP contribution is -2.54. The molecule has 3 aliphatic rings. The summed E-state index contributed by atoms with van der Waals surface area (Å²) in [5, 5.41) is 2.25. The number of rotatable bonds is 12. The number of ether oxygens (including phenoxy) is 3. The normalized spacial score (nSPS) is 21.0. The Hall–Kier alpha value is -4.15. The molecule has 2 aliphatic heterocycles. The standard InChI is InChI=1S/C45H50BrClN2O3/c1-9-11-28-50-35-20-22-39-37(31-35)43(3,4)41(48(39)7)24-19-33-17-18-34(42(33)46)25-26-45(52-30-16-14-13-15-27-47)44(5,6)38-32-36(51-29-12-10-2)21-23-40(38)49(45)8/h19-26,31-32H,9-12,17-18,28-29H2,1-8H3/b26-25+,33-19+,41-24-. The van der Waals surface area contributed by atoms with Crippen molar-refractivity contribution in [2.24, 2.45) is 0 Å². The smallest absolute Gasteiger partial charge is 0.222 e. The Morgan fingerprint density at radius 3 is 2.12 bits per heavy atom. The van der Waals surface area contributed by atoms with Gasteiger partial charge in [-0.2, -0.15) is 0 Å². The molecule has 0 saturated heterocycles. The van der Waals surface area contributed by atoms with Gasteiger partial charge in [-0.15, -0.1) is 0 Å². The second-order valence-electron chi connectivity index (χ2n) is 14.5. The van der Waals surface area contributed by atoms with Crippen LogP contribution in [0.1, 0.15) is 91.2 Å². The van der Waals surface area contributed by atoms with E-state index in [4.69, 9.17) is 25.8 Å². The highest BCUT2D eigenvalue weighted by Gasteiger charge is 2.57. The van der Waals surface area contributed by atoms with E-state index in [0.717, 1.165) is 72.4 Å². The Kier molecular flexibility index (Phi) is 12.5. The number of hydrogen-bond acceptors (Lipinski definition) is 5. The van der Waals surface area contributed by atoms with Crippen molar-refractivity contribution in [3.63, 3.8) is 0 Å². The maximum Gasteiger partial charge on any atom is 0.222 e. The van der Waals surface area contributed by atoms with Gasteiger partial charge < -0.3 is 24.0 Å². The van der Waals surface area contributed by atoms with Crippen LogP contribution in [-0.4, -0.2) is 33.0 Å². The Morgan fingerprint density at radius 1 is 0.827 bits per heavy atom. The average Bonchev–Trinajstić information content (AvgIpc) is 3.63. The number of hydrogen-bond donors (Lipinski definition) is 0. The number of anilines is 2. The largest absolute Gasteiger partial charge is 0.494 e. The molecule has 0 amide bonds. The summed E-state index contributed by atoms with van der Waals surface area (Å²) >= 11 is 9.43. The van der Waals surface area contributed by atoms with Gasteiger partial charge in [0.25, 0.3) is 0 Å². The van der Waals surface area contributed by atoms with Crippen LogP contribution in [0.3, 0.4) is 0 Å². The van der Waals surface area contributed by atoms with Gasteiger partial charge in [-0.3, -0.25) is 0 Å². The molecule has 2 aromatic carbocycles. The summed E-state index contributed by atoms with van der Waals surface area (Å²) in [6.45, 7) is 14.7. The van der Waals surface area contributed by atoms with Crippen LogP contribution in [0.25, 0.3) is 0 Å². The average molecular weight is 782 g/mol. The quantitative estimate of drug-likeness (QED) is 0.158. The molecule has 0 N–H and O–H groups in total. The van der Waals surface area contributed by atoms with Crippen molar-refractivity contribution >= 4 is 38.9 Å². The molecule has 272 valence electrons. The van der Waals surface area contributed by atoms with Gasteiger partial charge in [-0.1, -0.05) is 68.6 Å². The van der Waals surface area contributed by atoms with E-state index in [0.29, 0.717) is 6.61 Å². The Balaban J connectivity index is 1.45. The van der Waals surface area contributed by atoms with E-state index in [1.807, 2.05) is 6.07 Å². The Bertz CT molecular complexity index is 1990. The molecule has 2 aromatic rings. The zero-order valence-electron chi connectivity index (χ0n) is 31.8. The van der Waals surface area contributed by atoms with Crippen LogP contribution in [0.5, 0.6) is 11.5 Å². The fraction of sp³-hybridized carbons (Fsp3) is 0.422. The minimum absolute atomic E-state index is 0.164. The first-order chi connectivity index (χ1) is 24.9. The van der Waals surface area contributed by atoms with Crippen molar-refractivity contribution in [3.05, 3.63) is 93.2 Å². The highest BCUT2D eigenvalue weighted by Crippen LogP contribution is 2.54. The molecule has 7 heteroatoms. The topological polar surface area (TPSA) is 34.2 Å². The van der Waals surface area contributed by atoms with Crippen LogP contribution < -0.4 is 19.3 Å². The van der Waals surface area contributed by atoms with Crippen LogP contribution in [-0.2, 0) is 15.6 Å². The second-order valence-corrected chi connectivity index (χ2v) is 15.5. The van der Waals surface area contributed by atoms with E-state index in [1.54, 1.807) is 0 Å². The first-order valence-corrected chi connectivity index (χ1v) is 19.4. The summed E-state index contributed by atoms with van der Waals surface area (Å²) < 4.78 is 19.8. The Labute approximate surface area is 325 Å². The minimum Gasteiger partial charge on any atom is -0.494 e. The van der Waals surface area contributed by atoms with E-state index >= 15 is 0 Å². The van der Waals surface area contributed by atoms with Crippen molar-refractivity contribution in [2.45, 2.75) is 96.6 Å². The molecule has 1 unspecified atom stereocenters. The predicted octanol–water partition coefficient (Wildman–Crippen LogP) is 10.9. The molecular formula is C45H50BrClN2O3. The number of fused-ring (bicyclic) bond motifs is 2. The predicted molar refractivity (Wildman–Crippen MR) is 220 cm³/mol. The highest BCUT2D eigenvalue weighted by atomic mass is 79.9. The van der Waals surface area contributed by atoms with Gasteiger partial charge in [0.1, 0.15) is 17.6 Å². The van der Waals surface area contributed by atoms with Crippen LogP contribution in [0.2, 0.25) is 0 Å². The van der Waals surface area contributed by atoms with Gasteiger partial charge in [0.2, 0.25) is 5.72 Å². The molecule has 0 spiro atoms. The monoisotopic (exact) mass is 780 g/mol. The SMILES string of the molecule is CCCCOc1ccc2c(c1)C(C)(C)/C(=C/C=C1\CCC(/C=C/C3(OC#CC#CC#CCl)N(C)c4ccc(OCCCC)cc4C3(C)C)=C1Br)N2C. The minimum atomic E-state index is -0.930. The molecule has 5 rings (SSSR count). The zero-order valence-corrected chi connectivity index (χ0v) is 34.1. The van der Waals surface area contributed by atoms with Crippen molar-refractivity contribution in [3.8, 4) is 46.7 Å². The summed E-state index contributed by atoms with van der Waals surface area (Å²) in [5.41, 5.74) is 6.82. The lowest BCUT2D eigenvalue weighted by molar-refractivity contribution is 0.0320. The lowest BCUT2D eigenvalue weighted by atomic mass is 9.77. The molecule has 0 fully saturated rings. The van der Waals surface area contributed by atoms with Gasteiger partial charge >= 0.3 is 0 Å². The number of benzene rings is 2. The van der Waals surface area contributed by atoms with Gasteiger partial charge in [0.05, 0.1) is 18.6 Å². The van der Waals surface area contributed by atoms with Crippen LogP contribution in [0.15, 0.2) is 82.0 Å². The molecule has 0 radical (unpaired) electrons. The molecule has 2 heterocycles. The molecular weight excluding hydrogens is 732 g/mol. The maximum atomic E-state index is 6.53. The fourth-order valence-electron chi connectivity index (χ4n) is 7.43. The third kappa shape index (κ3) is 7.64. The molecule has 0 saturated carbocycles. The van der Waals surface area contributed by atoms with Crippen molar-refractivity contribution in [1.82, 2.24) is 0 Å². The zero-order chi connectivity index (χ0) is 37.5. The summed E-state index contributed by atoms with van der Waals surface area (Å²) in [5.74, 6) is 12.4. The maximum absolute atomic E-state index is 6.53. The van der Waals surface area contributed by atoms with E-state index in [9.17, 15) is 0 Å². The number of halogens is 2. The molecule has 0 aromatic heterocycles. The van der Waals surface area contributed by atoms with Gasteiger partial charge in [-0.25, -0.2) is 0 Å². The molecule has 0 bridgehead atoms.